The molecule has 0 aromatic heterocycles. The summed E-state index contributed by atoms with van der Waals surface area (Å²) in [7, 11) is 0. The second kappa shape index (κ2) is 8.40. The summed E-state index contributed by atoms with van der Waals surface area (Å²) in [6.45, 7) is 6.72. The van der Waals surface area contributed by atoms with Gasteiger partial charge in [0.15, 0.2) is 0 Å². The average molecular weight is 290 g/mol. The van der Waals surface area contributed by atoms with E-state index in [-0.39, 0.29) is 6.61 Å². The molecule has 0 heterocycles. The van der Waals surface area contributed by atoms with Gasteiger partial charge in [-0.15, -0.1) is 0 Å². The van der Waals surface area contributed by atoms with Crippen LogP contribution in [0.2, 0.25) is 0 Å². The Kier molecular flexibility index (Phi) is 6.52. The van der Waals surface area contributed by atoms with Crippen LogP contribution in [0.3, 0.4) is 0 Å². The van der Waals surface area contributed by atoms with E-state index in [0.717, 1.165) is 19.5 Å². The number of nitrogens with one attached hydrogen (secondary N) is 1. The SMILES string of the molecule is CCCNC(C)c1ccc(N(CCCO)C2CCC2)cc1. The third-order valence-corrected chi connectivity index (χ3v) is 4.50. The number of aliphatic hydroxyl groups excluding tert-OH is 1. The Morgan fingerprint density at radius 1 is 1.29 bits per heavy atom. The van der Waals surface area contributed by atoms with Crippen molar-refractivity contribution in [3.8, 4) is 0 Å². The molecule has 1 aliphatic carbocycles. The molecule has 1 atom stereocenters. The Morgan fingerprint density at radius 3 is 2.52 bits per heavy atom. The van der Waals surface area contributed by atoms with Crippen molar-refractivity contribution in [2.75, 3.05) is 24.6 Å². The van der Waals surface area contributed by atoms with Crippen LogP contribution in [-0.2, 0) is 0 Å². The van der Waals surface area contributed by atoms with E-state index in [0.29, 0.717) is 12.1 Å². The van der Waals surface area contributed by atoms with Crippen molar-refractivity contribution in [2.45, 2.75) is 58.0 Å². The lowest BCUT2D eigenvalue weighted by Gasteiger charge is -2.39. The van der Waals surface area contributed by atoms with E-state index in [9.17, 15) is 0 Å². The normalized spacial score (nSPS) is 16.5. The lowest BCUT2D eigenvalue weighted by atomic mass is 9.90. The van der Waals surface area contributed by atoms with Gasteiger partial charge in [-0.3, -0.25) is 0 Å². The fraction of sp³-hybridized carbons (Fsp3) is 0.667. The van der Waals surface area contributed by atoms with Crippen LogP contribution in [-0.4, -0.2) is 30.8 Å². The summed E-state index contributed by atoms with van der Waals surface area (Å²) in [6, 6.07) is 10.1. The predicted molar refractivity (Wildman–Crippen MR) is 89.8 cm³/mol. The van der Waals surface area contributed by atoms with E-state index in [2.05, 4.69) is 48.3 Å². The molecule has 1 aliphatic rings. The van der Waals surface area contributed by atoms with Crippen molar-refractivity contribution in [2.24, 2.45) is 0 Å². The number of hydrogen-bond acceptors (Lipinski definition) is 3. The van der Waals surface area contributed by atoms with Crippen LogP contribution in [0.5, 0.6) is 0 Å². The Morgan fingerprint density at radius 2 is 2.00 bits per heavy atom. The Balaban J connectivity index is 2.00. The van der Waals surface area contributed by atoms with E-state index in [4.69, 9.17) is 5.11 Å². The van der Waals surface area contributed by atoms with Gasteiger partial charge in [-0.05, 0) is 63.3 Å². The standard InChI is InChI=1S/C18H30N2O/c1-3-12-19-15(2)16-8-10-18(11-9-16)20(13-5-14-21)17-6-4-7-17/h8-11,15,17,19,21H,3-7,12-14H2,1-2H3. The molecule has 21 heavy (non-hydrogen) atoms. The van der Waals surface area contributed by atoms with E-state index in [1.165, 1.54) is 36.9 Å². The van der Waals surface area contributed by atoms with Gasteiger partial charge < -0.3 is 15.3 Å². The number of aliphatic hydroxyl groups is 1. The lowest BCUT2D eigenvalue weighted by Crippen LogP contribution is -2.41. The highest BCUT2D eigenvalue weighted by Gasteiger charge is 2.24. The second-order valence-corrected chi connectivity index (χ2v) is 6.12. The number of benzene rings is 1. The summed E-state index contributed by atoms with van der Waals surface area (Å²) in [4.78, 5) is 2.48. The molecule has 1 saturated carbocycles. The van der Waals surface area contributed by atoms with Gasteiger partial charge in [0.05, 0.1) is 0 Å². The molecule has 3 nitrogen and oxygen atoms in total. The van der Waals surface area contributed by atoms with E-state index in [1.54, 1.807) is 0 Å². The number of anilines is 1. The minimum atomic E-state index is 0.277. The van der Waals surface area contributed by atoms with Gasteiger partial charge in [0.1, 0.15) is 0 Å². The summed E-state index contributed by atoms with van der Waals surface area (Å²) in [6.07, 6.45) is 5.95. The van der Waals surface area contributed by atoms with Crippen LogP contribution in [0, 0.1) is 0 Å². The number of hydrogen-bond donors (Lipinski definition) is 2. The maximum absolute atomic E-state index is 9.10. The summed E-state index contributed by atoms with van der Waals surface area (Å²) in [5.41, 5.74) is 2.66. The summed E-state index contributed by atoms with van der Waals surface area (Å²) < 4.78 is 0. The first kappa shape index (κ1) is 16.3. The maximum atomic E-state index is 9.10. The lowest BCUT2D eigenvalue weighted by molar-refractivity contribution is 0.283. The molecule has 118 valence electrons. The van der Waals surface area contributed by atoms with E-state index >= 15 is 0 Å². The molecule has 3 heteroatoms. The zero-order valence-electron chi connectivity index (χ0n) is 13.5. The molecule has 0 saturated heterocycles. The molecule has 0 aliphatic heterocycles. The molecule has 2 rings (SSSR count). The first-order valence-corrected chi connectivity index (χ1v) is 8.47. The minimum absolute atomic E-state index is 0.277. The van der Waals surface area contributed by atoms with Crippen LogP contribution in [0.25, 0.3) is 0 Å². The van der Waals surface area contributed by atoms with Crippen LogP contribution in [0.15, 0.2) is 24.3 Å². The van der Waals surface area contributed by atoms with Crippen molar-refractivity contribution < 1.29 is 5.11 Å². The van der Waals surface area contributed by atoms with Gasteiger partial charge in [0.25, 0.3) is 0 Å². The van der Waals surface area contributed by atoms with Crippen LogP contribution in [0.1, 0.15) is 57.6 Å². The Bertz CT molecular complexity index is 400. The second-order valence-electron chi connectivity index (χ2n) is 6.12. The molecule has 0 spiro atoms. The van der Waals surface area contributed by atoms with Gasteiger partial charge in [0, 0.05) is 30.9 Å². The van der Waals surface area contributed by atoms with Crippen LogP contribution < -0.4 is 10.2 Å². The summed E-state index contributed by atoms with van der Waals surface area (Å²) in [5, 5.41) is 12.6. The van der Waals surface area contributed by atoms with Crippen LogP contribution in [0.4, 0.5) is 5.69 Å². The fourth-order valence-corrected chi connectivity index (χ4v) is 2.90. The van der Waals surface area contributed by atoms with Crippen LogP contribution >= 0.6 is 0 Å². The number of nitrogens with zero attached hydrogens (tertiary/aromatic N) is 1. The molecule has 0 bridgehead atoms. The van der Waals surface area contributed by atoms with Gasteiger partial charge >= 0.3 is 0 Å². The number of rotatable bonds is 9. The van der Waals surface area contributed by atoms with E-state index < -0.39 is 0 Å². The highest BCUT2D eigenvalue weighted by molar-refractivity contribution is 5.49. The zero-order valence-corrected chi connectivity index (χ0v) is 13.5. The molecule has 0 radical (unpaired) electrons. The Labute approximate surface area is 129 Å². The smallest absolute Gasteiger partial charge is 0.0447 e. The fourth-order valence-electron chi connectivity index (χ4n) is 2.90. The summed E-state index contributed by atoms with van der Waals surface area (Å²) >= 11 is 0. The highest BCUT2D eigenvalue weighted by atomic mass is 16.3. The molecule has 1 aromatic carbocycles. The monoisotopic (exact) mass is 290 g/mol. The predicted octanol–water partition coefficient (Wildman–Crippen LogP) is 3.49. The quantitative estimate of drug-likeness (QED) is 0.731. The topological polar surface area (TPSA) is 35.5 Å². The Hall–Kier alpha value is -1.06. The van der Waals surface area contributed by atoms with Crippen molar-refractivity contribution in [1.29, 1.82) is 0 Å². The zero-order chi connectivity index (χ0) is 15.1. The largest absolute Gasteiger partial charge is 0.396 e. The first-order chi connectivity index (χ1) is 10.3. The van der Waals surface area contributed by atoms with Gasteiger partial charge in [-0.1, -0.05) is 19.1 Å². The average Bonchev–Trinajstić information content (AvgIpc) is 2.47. The molecule has 2 N–H and O–H groups in total. The van der Waals surface area contributed by atoms with Crippen molar-refractivity contribution in [3.63, 3.8) is 0 Å². The molecular weight excluding hydrogens is 260 g/mol. The van der Waals surface area contributed by atoms with Gasteiger partial charge in [-0.25, -0.2) is 0 Å². The molecular formula is C18H30N2O. The van der Waals surface area contributed by atoms with Crippen molar-refractivity contribution in [1.82, 2.24) is 5.32 Å². The third kappa shape index (κ3) is 4.45. The van der Waals surface area contributed by atoms with E-state index in [1.807, 2.05) is 0 Å². The molecule has 0 amide bonds. The third-order valence-electron chi connectivity index (χ3n) is 4.50. The molecule has 1 unspecified atom stereocenters. The van der Waals surface area contributed by atoms with Crippen molar-refractivity contribution >= 4 is 5.69 Å². The minimum Gasteiger partial charge on any atom is -0.396 e. The maximum Gasteiger partial charge on any atom is 0.0447 e. The van der Waals surface area contributed by atoms with Gasteiger partial charge in [0.2, 0.25) is 0 Å². The highest BCUT2D eigenvalue weighted by Crippen LogP contribution is 2.30. The molecule has 1 fully saturated rings. The molecule has 1 aromatic rings. The summed E-state index contributed by atoms with van der Waals surface area (Å²) in [5.74, 6) is 0. The first-order valence-electron chi connectivity index (χ1n) is 8.47. The van der Waals surface area contributed by atoms with Gasteiger partial charge in [-0.2, -0.15) is 0 Å². The van der Waals surface area contributed by atoms with Crippen molar-refractivity contribution in [3.05, 3.63) is 29.8 Å².